The summed E-state index contributed by atoms with van der Waals surface area (Å²) in [6, 6.07) is 3.89. The minimum Gasteiger partial charge on any atom is -0.355 e. The van der Waals surface area contributed by atoms with Crippen LogP contribution in [0.3, 0.4) is 0 Å². The van der Waals surface area contributed by atoms with Gasteiger partial charge in [-0.2, -0.15) is 0 Å². The SMILES string of the molecule is Cl.Cl.O=C1NC(NCC2C3CC4CC(C3)CC2C4)=NC1=Cc1c[nH]c2ncccc12. The zero-order valence-electron chi connectivity index (χ0n) is 16.6. The number of rotatable bonds is 3. The van der Waals surface area contributed by atoms with Crippen molar-refractivity contribution in [1.29, 1.82) is 0 Å². The first-order valence-electron chi connectivity index (χ1n) is 10.5. The van der Waals surface area contributed by atoms with Crippen LogP contribution in [0.1, 0.15) is 37.7 Å². The summed E-state index contributed by atoms with van der Waals surface area (Å²) in [6.45, 7) is 0.929. The van der Waals surface area contributed by atoms with Crippen LogP contribution < -0.4 is 10.6 Å². The second-order valence-electron chi connectivity index (χ2n) is 9.06. The van der Waals surface area contributed by atoms with Crippen LogP contribution in [0.15, 0.2) is 35.2 Å². The Balaban J connectivity index is 0.00000109. The van der Waals surface area contributed by atoms with E-state index in [1.165, 1.54) is 32.1 Å². The molecule has 6 nitrogen and oxygen atoms in total. The van der Waals surface area contributed by atoms with Crippen molar-refractivity contribution in [3.05, 3.63) is 35.8 Å². The molecule has 1 aliphatic heterocycles. The minimum absolute atomic E-state index is 0. The van der Waals surface area contributed by atoms with Crippen molar-refractivity contribution < 1.29 is 4.79 Å². The fourth-order valence-electron chi connectivity index (χ4n) is 6.38. The van der Waals surface area contributed by atoms with Gasteiger partial charge in [0.25, 0.3) is 5.91 Å². The van der Waals surface area contributed by atoms with Gasteiger partial charge >= 0.3 is 0 Å². The summed E-state index contributed by atoms with van der Waals surface area (Å²) in [4.78, 5) is 24.3. The predicted molar refractivity (Wildman–Crippen MR) is 123 cm³/mol. The zero-order valence-corrected chi connectivity index (χ0v) is 18.3. The fraction of sp³-hybridized carbons (Fsp3) is 0.500. The smallest absolute Gasteiger partial charge is 0.276 e. The molecule has 0 saturated heterocycles. The number of halogens is 2. The zero-order chi connectivity index (χ0) is 18.7. The Hall–Kier alpha value is -2.05. The molecule has 5 aliphatic rings. The molecule has 0 spiro atoms. The second kappa shape index (κ2) is 8.23. The van der Waals surface area contributed by atoms with E-state index in [1.54, 1.807) is 6.20 Å². The highest BCUT2D eigenvalue weighted by Crippen LogP contribution is 2.56. The molecule has 8 heteroatoms. The molecule has 0 radical (unpaired) electrons. The van der Waals surface area contributed by atoms with Gasteiger partial charge in [-0.1, -0.05) is 0 Å². The molecule has 4 aliphatic carbocycles. The molecule has 4 bridgehead atoms. The lowest BCUT2D eigenvalue weighted by Crippen LogP contribution is -2.50. The van der Waals surface area contributed by atoms with Gasteiger partial charge in [0.15, 0.2) is 0 Å². The number of hydrogen-bond acceptors (Lipinski definition) is 4. The van der Waals surface area contributed by atoms with Crippen LogP contribution in [-0.2, 0) is 4.79 Å². The molecule has 160 valence electrons. The van der Waals surface area contributed by atoms with E-state index < -0.39 is 0 Å². The number of pyridine rings is 1. The molecule has 3 N–H and O–H groups in total. The molecule has 0 unspecified atom stereocenters. The number of nitrogens with one attached hydrogen (secondary N) is 3. The van der Waals surface area contributed by atoms with Crippen molar-refractivity contribution in [3.63, 3.8) is 0 Å². The molecule has 2 aromatic heterocycles. The summed E-state index contributed by atoms with van der Waals surface area (Å²) in [6.07, 6.45) is 12.6. The van der Waals surface area contributed by atoms with E-state index in [1.807, 2.05) is 24.4 Å². The largest absolute Gasteiger partial charge is 0.355 e. The molecule has 2 aromatic rings. The lowest BCUT2D eigenvalue weighted by molar-refractivity contribution is -0.115. The number of hydrogen-bond donors (Lipinski definition) is 3. The van der Waals surface area contributed by atoms with E-state index in [-0.39, 0.29) is 30.7 Å². The number of guanidine groups is 1. The topological polar surface area (TPSA) is 82.2 Å². The molecule has 4 saturated carbocycles. The van der Waals surface area contributed by atoms with Gasteiger partial charge in [0.1, 0.15) is 11.3 Å². The molecule has 0 aromatic carbocycles. The number of fused-ring (bicyclic) bond motifs is 1. The van der Waals surface area contributed by atoms with Crippen LogP contribution in [0.5, 0.6) is 0 Å². The van der Waals surface area contributed by atoms with Gasteiger partial charge in [-0.05, 0) is 79.9 Å². The highest BCUT2D eigenvalue weighted by Gasteiger charge is 2.47. The second-order valence-corrected chi connectivity index (χ2v) is 9.06. The van der Waals surface area contributed by atoms with Crippen LogP contribution in [0.25, 0.3) is 17.1 Å². The van der Waals surface area contributed by atoms with Crippen LogP contribution in [0.4, 0.5) is 0 Å². The lowest BCUT2D eigenvalue weighted by Gasteiger charge is -2.54. The van der Waals surface area contributed by atoms with Crippen LogP contribution in [-0.4, -0.2) is 28.4 Å². The van der Waals surface area contributed by atoms with Crippen molar-refractivity contribution in [1.82, 2.24) is 20.6 Å². The molecule has 7 rings (SSSR count). The average Bonchev–Trinajstić information content (AvgIpc) is 3.25. The van der Waals surface area contributed by atoms with Crippen LogP contribution in [0, 0.1) is 29.6 Å². The van der Waals surface area contributed by atoms with Gasteiger partial charge in [-0.25, -0.2) is 9.98 Å². The Morgan fingerprint density at radius 2 is 1.83 bits per heavy atom. The van der Waals surface area contributed by atoms with Crippen molar-refractivity contribution in [2.24, 2.45) is 34.6 Å². The number of aromatic nitrogens is 2. The van der Waals surface area contributed by atoms with Gasteiger partial charge in [-0.15, -0.1) is 24.8 Å². The molecular formula is C22H27Cl2N5O. The maximum atomic E-state index is 12.4. The van der Waals surface area contributed by atoms with Crippen LogP contribution in [0.2, 0.25) is 0 Å². The summed E-state index contributed by atoms with van der Waals surface area (Å²) in [5.74, 6) is 4.91. The number of carbonyl (C=O) groups is 1. The van der Waals surface area contributed by atoms with E-state index in [9.17, 15) is 4.79 Å². The highest BCUT2D eigenvalue weighted by atomic mass is 35.5. The first-order chi connectivity index (χ1) is 13.7. The number of aromatic amines is 1. The maximum absolute atomic E-state index is 12.4. The normalized spacial score (nSPS) is 32.5. The third-order valence-corrected chi connectivity index (χ3v) is 7.40. The molecule has 0 atom stereocenters. The van der Waals surface area contributed by atoms with Crippen molar-refractivity contribution >= 4 is 53.8 Å². The van der Waals surface area contributed by atoms with Crippen molar-refractivity contribution in [3.8, 4) is 0 Å². The Kier molecular flexibility index (Phi) is 5.82. The van der Waals surface area contributed by atoms with Crippen molar-refractivity contribution in [2.45, 2.75) is 32.1 Å². The summed E-state index contributed by atoms with van der Waals surface area (Å²) < 4.78 is 0. The van der Waals surface area contributed by atoms with Gasteiger partial charge < -0.3 is 10.3 Å². The molecule has 4 fully saturated rings. The molecule has 1 amide bonds. The Morgan fingerprint density at radius 1 is 1.10 bits per heavy atom. The molecular weight excluding hydrogens is 421 g/mol. The van der Waals surface area contributed by atoms with Crippen LogP contribution >= 0.6 is 24.8 Å². The summed E-state index contributed by atoms with van der Waals surface area (Å²) in [5, 5.41) is 7.33. The molecule has 3 heterocycles. The fourth-order valence-corrected chi connectivity index (χ4v) is 6.38. The first kappa shape index (κ1) is 21.2. The van der Waals surface area contributed by atoms with E-state index in [4.69, 9.17) is 0 Å². The number of carbonyl (C=O) groups excluding carboxylic acids is 1. The minimum atomic E-state index is -0.147. The van der Waals surface area contributed by atoms with Gasteiger partial charge in [0.05, 0.1) is 0 Å². The maximum Gasteiger partial charge on any atom is 0.276 e. The number of aliphatic imine (C=N–C) groups is 1. The summed E-state index contributed by atoms with van der Waals surface area (Å²) in [7, 11) is 0. The monoisotopic (exact) mass is 447 g/mol. The van der Waals surface area contributed by atoms with Gasteiger partial charge in [0, 0.05) is 29.9 Å². The Morgan fingerprint density at radius 3 is 2.57 bits per heavy atom. The lowest BCUT2D eigenvalue weighted by atomic mass is 9.52. The van der Waals surface area contributed by atoms with E-state index >= 15 is 0 Å². The van der Waals surface area contributed by atoms with E-state index in [0.717, 1.165) is 52.7 Å². The van der Waals surface area contributed by atoms with E-state index in [0.29, 0.717) is 11.7 Å². The Bertz CT molecular complexity index is 986. The summed E-state index contributed by atoms with van der Waals surface area (Å²) in [5.41, 5.74) is 2.19. The van der Waals surface area contributed by atoms with Gasteiger partial charge in [0.2, 0.25) is 5.96 Å². The van der Waals surface area contributed by atoms with E-state index in [2.05, 4.69) is 25.6 Å². The quantitative estimate of drug-likeness (QED) is 0.623. The average molecular weight is 448 g/mol. The van der Waals surface area contributed by atoms with Gasteiger partial charge in [-0.3, -0.25) is 10.1 Å². The highest BCUT2D eigenvalue weighted by molar-refractivity contribution is 6.14. The summed E-state index contributed by atoms with van der Waals surface area (Å²) >= 11 is 0. The van der Waals surface area contributed by atoms with Crippen molar-refractivity contribution in [2.75, 3.05) is 6.54 Å². The Labute approximate surface area is 188 Å². The number of nitrogens with zero attached hydrogens (tertiary/aromatic N) is 2. The predicted octanol–water partition coefficient (Wildman–Crippen LogP) is 3.90. The third-order valence-electron chi connectivity index (χ3n) is 7.40. The third kappa shape index (κ3) is 3.60. The first-order valence-corrected chi connectivity index (χ1v) is 10.5. The number of H-pyrrole nitrogens is 1. The standard InChI is InChI=1S/C22H25N5O.2ClH/c28-21-19(9-16-10-24-20-17(16)2-1-3-23-20)26-22(27-21)25-11-18-14-5-12-4-13(7-14)8-15(18)6-12;;/h1-3,9-10,12-15,18H,4-8,11H2,(H,23,24)(H2,25,26,27,28);2*1H. The number of amides is 1. The molecule has 30 heavy (non-hydrogen) atoms.